The second-order valence-corrected chi connectivity index (χ2v) is 7.22. The van der Waals surface area contributed by atoms with Crippen molar-refractivity contribution in [2.24, 2.45) is 11.8 Å². The normalized spacial score (nSPS) is 13.8. The minimum absolute atomic E-state index is 0.249. The number of ether oxygens (including phenoxy) is 3. The van der Waals surface area contributed by atoms with E-state index in [1.54, 1.807) is 0 Å². The van der Waals surface area contributed by atoms with Gasteiger partial charge in [-0.3, -0.25) is 4.79 Å². The van der Waals surface area contributed by atoms with Gasteiger partial charge in [0.25, 0.3) is 0 Å². The van der Waals surface area contributed by atoms with E-state index in [2.05, 4.69) is 39.8 Å². The summed E-state index contributed by atoms with van der Waals surface area (Å²) in [5.74, 6) is 2.29. The molecule has 0 aromatic heterocycles. The van der Waals surface area contributed by atoms with Crippen molar-refractivity contribution in [2.45, 2.75) is 66.6 Å². The van der Waals surface area contributed by atoms with Crippen LogP contribution in [-0.4, -0.2) is 25.5 Å². The zero-order valence-electron chi connectivity index (χ0n) is 16.6. The van der Waals surface area contributed by atoms with Crippen LogP contribution in [0.2, 0.25) is 0 Å². The molecular weight excluding hydrogens is 316 g/mol. The Morgan fingerprint density at radius 3 is 2.40 bits per heavy atom. The molecule has 4 nitrogen and oxygen atoms in total. The molecule has 0 aliphatic carbocycles. The van der Waals surface area contributed by atoms with Gasteiger partial charge in [-0.15, -0.1) is 0 Å². The Bertz CT molecular complexity index is 510. The molecule has 0 aliphatic heterocycles. The molecule has 0 aliphatic rings. The highest BCUT2D eigenvalue weighted by molar-refractivity contribution is 5.65. The maximum Gasteiger partial charge on any atom is 0.302 e. The molecule has 0 fully saturated rings. The molecule has 1 aromatic carbocycles. The maximum absolute atomic E-state index is 10.8. The highest BCUT2D eigenvalue weighted by Gasteiger charge is 2.18. The van der Waals surface area contributed by atoms with E-state index >= 15 is 0 Å². The molecule has 142 valence electrons. The van der Waals surface area contributed by atoms with Crippen molar-refractivity contribution in [1.82, 2.24) is 0 Å². The molecule has 0 bridgehead atoms. The minimum atomic E-state index is -0.339. The molecule has 0 spiro atoms. The van der Waals surface area contributed by atoms with Gasteiger partial charge in [0.1, 0.15) is 12.4 Å². The lowest BCUT2D eigenvalue weighted by molar-refractivity contribution is -0.146. The smallest absolute Gasteiger partial charge is 0.302 e. The molecule has 0 amide bonds. The standard InChI is InChI=1S/C21H34O4/c1-7-21(24-12-11-23-17(6)22)25-19-10-8-9-18(14-19)20(16(4)5)13-15(2)3/h8-10,14-16,20-21H,7,11-13H2,1-6H3. The van der Waals surface area contributed by atoms with E-state index in [0.717, 1.165) is 18.6 Å². The fraction of sp³-hybridized carbons (Fsp3) is 0.667. The van der Waals surface area contributed by atoms with Crippen LogP contribution < -0.4 is 4.74 Å². The summed E-state index contributed by atoms with van der Waals surface area (Å²) in [5.41, 5.74) is 1.32. The van der Waals surface area contributed by atoms with Crippen molar-refractivity contribution in [3.8, 4) is 5.75 Å². The fourth-order valence-corrected chi connectivity index (χ4v) is 2.87. The molecule has 4 heteroatoms. The van der Waals surface area contributed by atoms with Gasteiger partial charge >= 0.3 is 5.97 Å². The average Bonchev–Trinajstić information content (AvgIpc) is 2.55. The van der Waals surface area contributed by atoms with Gasteiger partial charge in [0.2, 0.25) is 0 Å². The van der Waals surface area contributed by atoms with Crippen LogP contribution in [0.3, 0.4) is 0 Å². The van der Waals surface area contributed by atoms with Crippen molar-refractivity contribution < 1.29 is 19.0 Å². The van der Waals surface area contributed by atoms with Crippen LogP contribution in [0, 0.1) is 11.8 Å². The molecule has 25 heavy (non-hydrogen) atoms. The van der Waals surface area contributed by atoms with Crippen LogP contribution in [0.5, 0.6) is 5.75 Å². The molecule has 0 radical (unpaired) electrons. The van der Waals surface area contributed by atoms with Gasteiger partial charge in [0.05, 0.1) is 6.61 Å². The van der Waals surface area contributed by atoms with Gasteiger partial charge in [-0.1, -0.05) is 46.8 Å². The number of carbonyl (C=O) groups excluding carboxylic acids is 1. The van der Waals surface area contributed by atoms with Crippen molar-refractivity contribution in [2.75, 3.05) is 13.2 Å². The third-order valence-electron chi connectivity index (χ3n) is 4.11. The summed E-state index contributed by atoms with van der Waals surface area (Å²) < 4.78 is 16.5. The maximum atomic E-state index is 10.8. The summed E-state index contributed by atoms with van der Waals surface area (Å²) in [6.45, 7) is 13.1. The van der Waals surface area contributed by atoms with Crippen molar-refractivity contribution in [3.63, 3.8) is 0 Å². The molecule has 2 unspecified atom stereocenters. The van der Waals surface area contributed by atoms with Crippen LogP contribution >= 0.6 is 0 Å². The Balaban J connectivity index is 2.69. The van der Waals surface area contributed by atoms with Crippen LogP contribution in [0.1, 0.15) is 65.9 Å². The zero-order valence-corrected chi connectivity index (χ0v) is 16.6. The lowest BCUT2D eigenvalue weighted by Gasteiger charge is -2.24. The average molecular weight is 350 g/mol. The van der Waals surface area contributed by atoms with Crippen LogP contribution in [0.25, 0.3) is 0 Å². The Labute approximate surface area is 152 Å². The first-order chi connectivity index (χ1) is 11.8. The van der Waals surface area contributed by atoms with E-state index in [-0.39, 0.29) is 18.9 Å². The first kappa shape index (κ1) is 21.5. The number of benzene rings is 1. The van der Waals surface area contributed by atoms with Crippen molar-refractivity contribution in [1.29, 1.82) is 0 Å². The second-order valence-electron chi connectivity index (χ2n) is 7.22. The van der Waals surface area contributed by atoms with Crippen molar-refractivity contribution >= 4 is 5.97 Å². The summed E-state index contributed by atoms with van der Waals surface area (Å²) in [4.78, 5) is 10.8. The molecule has 2 atom stereocenters. The summed E-state index contributed by atoms with van der Waals surface area (Å²) in [6, 6.07) is 8.33. The number of rotatable bonds is 11. The van der Waals surface area contributed by atoms with Crippen LogP contribution in [-0.2, 0) is 14.3 Å². The molecule has 0 saturated heterocycles. The van der Waals surface area contributed by atoms with E-state index in [4.69, 9.17) is 14.2 Å². The lowest BCUT2D eigenvalue weighted by Crippen LogP contribution is -2.22. The Morgan fingerprint density at radius 1 is 1.12 bits per heavy atom. The predicted octanol–water partition coefficient (Wildman–Crippen LogP) is 5.17. The van der Waals surface area contributed by atoms with Gasteiger partial charge in [0.15, 0.2) is 6.29 Å². The number of esters is 1. The van der Waals surface area contributed by atoms with Gasteiger partial charge in [0, 0.05) is 13.3 Å². The predicted molar refractivity (Wildman–Crippen MR) is 101 cm³/mol. The largest absolute Gasteiger partial charge is 0.465 e. The first-order valence-electron chi connectivity index (χ1n) is 9.35. The second kappa shape index (κ2) is 11.1. The van der Waals surface area contributed by atoms with E-state index in [1.165, 1.54) is 12.5 Å². The zero-order chi connectivity index (χ0) is 18.8. The third kappa shape index (κ3) is 8.39. The van der Waals surface area contributed by atoms with E-state index < -0.39 is 0 Å². The number of hydrogen-bond donors (Lipinski definition) is 0. The highest BCUT2D eigenvalue weighted by atomic mass is 16.7. The monoisotopic (exact) mass is 350 g/mol. The molecule has 0 heterocycles. The first-order valence-corrected chi connectivity index (χ1v) is 9.35. The lowest BCUT2D eigenvalue weighted by atomic mass is 9.82. The third-order valence-corrected chi connectivity index (χ3v) is 4.11. The number of carbonyl (C=O) groups is 1. The molecular formula is C21H34O4. The van der Waals surface area contributed by atoms with Crippen molar-refractivity contribution in [3.05, 3.63) is 29.8 Å². The van der Waals surface area contributed by atoms with E-state index in [1.807, 2.05) is 19.1 Å². The fourth-order valence-electron chi connectivity index (χ4n) is 2.87. The van der Waals surface area contributed by atoms with Gasteiger partial charge in [-0.05, 0) is 41.9 Å². The summed E-state index contributed by atoms with van der Waals surface area (Å²) in [7, 11) is 0. The highest BCUT2D eigenvalue weighted by Crippen LogP contribution is 2.33. The quantitative estimate of drug-likeness (QED) is 0.314. The summed E-state index contributed by atoms with van der Waals surface area (Å²) >= 11 is 0. The van der Waals surface area contributed by atoms with E-state index in [9.17, 15) is 4.79 Å². The molecule has 1 rings (SSSR count). The van der Waals surface area contributed by atoms with Crippen LogP contribution in [0.15, 0.2) is 24.3 Å². The SMILES string of the molecule is CCC(OCCOC(C)=O)Oc1cccc(C(CC(C)C)C(C)C)c1. The van der Waals surface area contributed by atoms with E-state index in [0.29, 0.717) is 24.4 Å². The minimum Gasteiger partial charge on any atom is -0.465 e. The molecule has 0 saturated carbocycles. The Morgan fingerprint density at radius 2 is 1.84 bits per heavy atom. The Hall–Kier alpha value is -1.55. The molecule has 1 aromatic rings. The summed E-state index contributed by atoms with van der Waals surface area (Å²) in [6.07, 6.45) is 1.55. The van der Waals surface area contributed by atoms with Gasteiger partial charge in [-0.25, -0.2) is 0 Å². The number of hydrogen-bond acceptors (Lipinski definition) is 4. The Kier molecular flexibility index (Phi) is 9.58. The van der Waals surface area contributed by atoms with Gasteiger partial charge < -0.3 is 14.2 Å². The van der Waals surface area contributed by atoms with Gasteiger partial charge in [-0.2, -0.15) is 0 Å². The summed E-state index contributed by atoms with van der Waals surface area (Å²) in [5, 5.41) is 0. The molecule has 0 N–H and O–H groups in total. The van der Waals surface area contributed by atoms with Crippen LogP contribution in [0.4, 0.5) is 0 Å². The topological polar surface area (TPSA) is 44.8 Å².